The quantitative estimate of drug-likeness (QED) is 0.415. The van der Waals surface area contributed by atoms with E-state index in [9.17, 15) is 8.78 Å². The van der Waals surface area contributed by atoms with Crippen LogP contribution in [-0.2, 0) is 5.75 Å². The second-order valence-electron chi connectivity index (χ2n) is 5.25. The van der Waals surface area contributed by atoms with E-state index in [-0.39, 0.29) is 0 Å². The Hall–Kier alpha value is -2.18. The lowest BCUT2D eigenvalue weighted by Gasteiger charge is -2.08. The van der Waals surface area contributed by atoms with Crippen molar-refractivity contribution in [1.82, 2.24) is 9.97 Å². The number of halogens is 3. The van der Waals surface area contributed by atoms with Gasteiger partial charge in [0.05, 0.1) is 0 Å². The molecule has 0 radical (unpaired) electrons. The van der Waals surface area contributed by atoms with Gasteiger partial charge in [-0.25, -0.2) is 13.8 Å². The van der Waals surface area contributed by atoms with E-state index in [1.54, 1.807) is 30.3 Å². The lowest BCUT2D eigenvalue weighted by molar-refractivity contribution is 0.454. The fourth-order valence-electron chi connectivity index (χ4n) is 2.10. The number of aromatic nitrogens is 2. The van der Waals surface area contributed by atoms with Gasteiger partial charge in [0.15, 0.2) is 5.16 Å². The van der Waals surface area contributed by atoms with Crippen LogP contribution in [-0.4, -0.2) is 9.97 Å². The van der Waals surface area contributed by atoms with Gasteiger partial charge in [0, 0.05) is 28.6 Å². The number of rotatable bonds is 5. The lowest BCUT2D eigenvalue weighted by atomic mass is 10.2. The molecule has 0 unspecified atom stereocenters. The molecule has 128 valence electrons. The Morgan fingerprint density at radius 1 is 1.00 bits per heavy atom. The molecule has 3 rings (SSSR count). The zero-order valence-electron chi connectivity index (χ0n) is 13.2. The van der Waals surface area contributed by atoms with E-state index in [1.807, 2.05) is 6.92 Å². The number of hydrogen-bond acceptors (Lipinski definition) is 4. The third-order valence-corrected chi connectivity index (χ3v) is 4.31. The molecule has 0 aliphatic rings. The van der Waals surface area contributed by atoms with Crippen LogP contribution in [0.15, 0.2) is 53.7 Å². The summed E-state index contributed by atoms with van der Waals surface area (Å²) in [6.45, 7) is 1.82. The first-order chi connectivity index (χ1) is 12.0. The van der Waals surface area contributed by atoms with Gasteiger partial charge in [0.25, 0.3) is 0 Å². The fourth-order valence-corrected chi connectivity index (χ4v) is 3.05. The van der Waals surface area contributed by atoms with Crippen molar-refractivity contribution < 1.29 is 13.5 Å². The van der Waals surface area contributed by atoms with Crippen LogP contribution in [0.2, 0.25) is 5.02 Å². The summed E-state index contributed by atoms with van der Waals surface area (Å²) in [7, 11) is 0. The van der Waals surface area contributed by atoms with Gasteiger partial charge >= 0.3 is 0 Å². The minimum absolute atomic E-state index is 0.346. The molecule has 7 heteroatoms. The molecular formula is C18H13ClF2N2OS. The van der Waals surface area contributed by atoms with Gasteiger partial charge < -0.3 is 4.74 Å². The standard InChI is InChI=1S/C18H13ClF2N2OS/c1-11-6-17(24-16-4-2-13(19)3-5-16)23-18(22-11)25-10-12-7-14(20)9-15(21)8-12/h2-9H,10H2,1H3. The molecule has 0 atom stereocenters. The molecule has 3 nitrogen and oxygen atoms in total. The maximum Gasteiger partial charge on any atom is 0.223 e. The van der Waals surface area contributed by atoms with E-state index in [2.05, 4.69) is 9.97 Å². The predicted octanol–water partition coefficient (Wildman–Crippen LogP) is 5.80. The highest BCUT2D eigenvalue weighted by Crippen LogP contribution is 2.26. The Balaban J connectivity index is 1.73. The van der Waals surface area contributed by atoms with Crippen LogP contribution >= 0.6 is 23.4 Å². The third kappa shape index (κ3) is 5.14. The van der Waals surface area contributed by atoms with Gasteiger partial charge in [-0.3, -0.25) is 0 Å². The first-order valence-electron chi connectivity index (χ1n) is 7.35. The van der Waals surface area contributed by atoms with Crippen molar-refractivity contribution in [2.75, 3.05) is 0 Å². The molecule has 25 heavy (non-hydrogen) atoms. The molecule has 0 saturated heterocycles. The Kier molecular flexibility index (Phi) is 5.50. The highest BCUT2D eigenvalue weighted by atomic mass is 35.5. The van der Waals surface area contributed by atoms with Gasteiger partial charge in [-0.05, 0) is 48.9 Å². The van der Waals surface area contributed by atoms with Gasteiger partial charge in [0.2, 0.25) is 5.88 Å². The topological polar surface area (TPSA) is 35.0 Å². The number of hydrogen-bond donors (Lipinski definition) is 0. The molecule has 0 fully saturated rings. The Morgan fingerprint density at radius 3 is 2.36 bits per heavy atom. The largest absolute Gasteiger partial charge is 0.439 e. The zero-order chi connectivity index (χ0) is 17.8. The second-order valence-corrected chi connectivity index (χ2v) is 6.63. The van der Waals surface area contributed by atoms with Gasteiger partial charge in [-0.15, -0.1) is 0 Å². The fraction of sp³-hybridized carbons (Fsp3) is 0.111. The van der Waals surface area contributed by atoms with Crippen molar-refractivity contribution in [3.63, 3.8) is 0 Å². The van der Waals surface area contributed by atoms with Crippen LogP contribution in [0.3, 0.4) is 0 Å². The summed E-state index contributed by atoms with van der Waals surface area (Å²) in [6.07, 6.45) is 0. The molecular weight excluding hydrogens is 366 g/mol. The van der Waals surface area contributed by atoms with Crippen LogP contribution in [0.25, 0.3) is 0 Å². The van der Waals surface area contributed by atoms with Gasteiger partial charge in [0.1, 0.15) is 17.4 Å². The highest BCUT2D eigenvalue weighted by molar-refractivity contribution is 7.98. The average Bonchev–Trinajstić information content (AvgIpc) is 2.54. The number of benzene rings is 2. The Labute approximate surface area is 153 Å². The normalized spacial score (nSPS) is 10.7. The molecule has 0 bridgehead atoms. The maximum absolute atomic E-state index is 13.2. The van der Waals surface area contributed by atoms with E-state index in [0.717, 1.165) is 11.8 Å². The van der Waals surface area contributed by atoms with Crippen molar-refractivity contribution in [2.24, 2.45) is 0 Å². The molecule has 1 heterocycles. The summed E-state index contributed by atoms with van der Waals surface area (Å²) < 4.78 is 32.2. The zero-order valence-corrected chi connectivity index (χ0v) is 14.7. The van der Waals surface area contributed by atoms with E-state index in [0.29, 0.717) is 33.1 Å². The molecule has 0 aliphatic carbocycles. The van der Waals surface area contributed by atoms with Crippen LogP contribution in [0, 0.1) is 18.6 Å². The highest BCUT2D eigenvalue weighted by Gasteiger charge is 2.07. The number of aryl methyl sites for hydroxylation is 1. The lowest BCUT2D eigenvalue weighted by Crippen LogP contribution is -1.95. The monoisotopic (exact) mass is 378 g/mol. The third-order valence-electron chi connectivity index (χ3n) is 3.14. The molecule has 0 N–H and O–H groups in total. The van der Waals surface area contributed by atoms with Crippen molar-refractivity contribution in [3.8, 4) is 11.6 Å². The first kappa shape index (κ1) is 17.6. The maximum atomic E-state index is 13.2. The van der Waals surface area contributed by atoms with Crippen molar-refractivity contribution in [1.29, 1.82) is 0 Å². The van der Waals surface area contributed by atoms with Crippen molar-refractivity contribution in [3.05, 3.63) is 76.4 Å². The number of ether oxygens (including phenoxy) is 1. The summed E-state index contributed by atoms with van der Waals surface area (Å²) in [6, 6.07) is 12.0. The molecule has 0 saturated carbocycles. The van der Waals surface area contributed by atoms with E-state index < -0.39 is 11.6 Å². The van der Waals surface area contributed by atoms with Crippen molar-refractivity contribution >= 4 is 23.4 Å². The van der Waals surface area contributed by atoms with Gasteiger partial charge in [-0.1, -0.05) is 23.4 Å². The second kappa shape index (κ2) is 7.80. The predicted molar refractivity (Wildman–Crippen MR) is 94.2 cm³/mol. The molecule has 2 aromatic carbocycles. The SMILES string of the molecule is Cc1cc(Oc2ccc(Cl)cc2)nc(SCc2cc(F)cc(F)c2)n1. The summed E-state index contributed by atoms with van der Waals surface area (Å²) >= 11 is 7.12. The Bertz CT molecular complexity index is 870. The summed E-state index contributed by atoms with van der Waals surface area (Å²) in [5.41, 5.74) is 1.25. The van der Waals surface area contributed by atoms with Gasteiger partial charge in [-0.2, -0.15) is 4.98 Å². The van der Waals surface area contributed by atoms with E-state index >= 15 is 0 Å². The van der Waals surface area contributed by atoms with Crippen LogP contribution in [0.1, 0.15) is 11.3 Å². The van der Waals surface area contributed by atoms with Crippen molar-refractivity contribution in [2.45, 2.75) is 17.8 Å². The molecule has 0 spiro atoms. The Morgan fingerprint density at radius 2 is 1.68 bits per heavy atom. The van der Waals surface area contributed by atoms with E-state index in [1.165, 1.54) is 23.9 Å². The van der Waals surface area contributed by atoms with Crippen LogP contribution < -0.4 is 4.74 Å². The average molecular weight is 379 g/mol. The number of thioether (sulfide) groups is 1. The number of nitrogens with zero attached hydrogens (tertiary/aromatic N) is 2. The van der Waals surface area contributed by atoms with Crippen LogP contribution in [0.5, 0.6) is 11.6 Å². The smallest absolute Gasteiger partial charge is 0.223 e. The minimum Gasteiger partial charge on any atom is -0.439 e. The minimum atomic E-state index is -0.604. The molecule has 1 aromatic heterocycles. The molecule has 0 aliphatic heterocycles. The van der Waals surface area contributed by atoms with Crippen LogP contribution in [0.4, 0.5) is 8.78 Å². The first-order valence-corrected chi connectivity index (χ1v) is 8.71. The summed E-state index contributed by atoms with van der Waals surface area (Å²) in [5.74, 6) is 0.131. The summed E-state index contributed by atoms with van der Waals surface area (Å²) in [4.78, 5) is 8.63. The summed E-state index contributed by atoms with van der Waals surface area (Å²) in [5, 5.41) is 1.08. The molecule has 0 amide bonds. The van der Waals surface area contributed by atoms with E-state index in [4.69, 9.17) is 16.3 Å². The molecule has 3 aromatic rings.